The van der Waals surface area contributed by atoms with Crippen molar-refractivity contribution in [2.45, 2.75) is 13.8 Å². The maximum absolute atomic E-state index is 10.9. The lowest BCUT2D eigenvalue weighted by molar-refractivity contribution is 0.0696. The Labute approximate surface area is 111 Å². The van der Waals surface area contributed by atoms with Gasteiger partial charge >= 0.3 is 5.97 Å². The molecular weight excluding hydrogens is 256 g/mol. The van der Waals surface area contributed by atoms with Gasteiger partial charge in [-0.1, -0.05) is 25.4 Å². The fourth-order valence-electron chi connectivity index (χ4n) is 1.48. The first-order valence-electron chi connectivity index (χ1n) is 5.82. The smallest absolute Gasteiger partial charge is 0.337 e. The molecular formula is C12H17ClN2O3. The van der Waals surface area contributed by atoms with E-state index in [9.17, 15) is 4.79 Å². The van der Waals surface area contributed by atoms with Gasteiger partial charge in [-0.2, -0.15) is 0 Å². The lowest BCUT2D eigenvalue weighted by Crippen LogP contribution is -2.28. The van der Waals surface area contributed by atoms with Crippen molar-refractivity contribution in [3.8, 4) is 5.88 Å². The predicted octanol–water partition coefficient (Wildman–Crippen LogP) is 2.15. The minimum atomic E-state index is -1.09. The van der Waals surface area contributed by atoms with Gasteiger partial charge in [0.25, 0.3) is 0 Å². The summed E-state index contributed by atoms with van der Waals surface area (Å²) in [5, 5.41) is 9.01. The number of rotatable bonds is 7. The van der Waals surface area contributed by atoms with Crippen LogP contribution < -0.4 is 4.74 Å². The van der Waals surface area contributed by atoms with Crippen LogP contribution in [0.25, 0.3) is 0 Å². The lowest BCUT2D eigenvalue weighted by Gasteiger charge is -2.17. The van der Waals surface area contributed by atoms with Gasteiger partial charge in [0.1, 0.15) is 6.61 Å². The van der Waals surface area contributed by atoms with Gasteiger partial charge in [-0.15, -0.1) is 0 Å². The molecule has 0 aliphatic carbocycles. The van der Waals surface area contributed by atoms with Crippen LogP contribution in [0.3, 0.4) is 0 Å². The van der Waals surface area contributed by atoms with Crippen LogP contribution in [0, 0.1) is 0 Å². The van der Waals surface area contributed by atoms with Gasteiger partial charge in [-0.25, -0.2) is 9.78 Å². The van der Waals surface area contributed by atoms with Gasteiger partial charge in [0.2, 0.25) is 5.88 Å². The summed E-state index contributed by atoms with van der Waals surface area (Å²) in [5.41, 5.74) is 0.00417. The molecule has 0 saturated heterocycles. The lowest BCUT2D eigenvalue weighted by atomic mass is 10.3. The number of likely N-dealkylation sites (N-methyl/N-ethyl adjacent to an activating group) is 1. The quantitative estimate of drug-likeness (QED) is 0.824. The Morgan fingerprint density at radius 2 is 2.17 bits per heavy atom. The fraction of sp³-hybridized carbons (Fsp3) is 0.500. The van der Waals surface area contributed by atoms with Gasteiger partial charge in [0.15, 0.2) is 0 Å². The van der Waals surface area contributed by atoms with Crippen LogP contribution in [-0.2, 0) is 0 Å². The molecule has 1 heterocycles. The standard InChI is InChI=1S/C12H17ClN2O3/c1-3-15(4-2)5-6-18-11-7-9(12(16)17)10(13)8-14-11/h7-8H,3-6H2,1-2H3,(H,16,17). The van der Waals surface area contributed by atoms with E-state index in [1.165, 1.54) is 12.3 Å². The van der Waals surface area contributed by atoms with Gasteiger partial charge in [0.05, 0.1) is 16.8 Å². The summed E-state index contributed by atoms with van der Waals surface area (Å²) < 4.78 is 5.41. The molecule has 1 rings (SSSR count). The highest BCUT2D eigenvalue weighted by atomic mass is 35.5. The van der Waals surface area contributed by atoms with E-state index in [4.69, 9.17) is 21.4 Å². The van der Waals surface area contributed by atoms with Gasteiger partial charge in [-0.05, 0) is 13.1 Å². The van der Waals surface area contributed by atoms with E-state index in [0.29, 0.717) is 6.61 Å². The molecule has 18 heavy (non-hydrogen) atoms. The normalized spacial score (nSPS) is 10.7. The largest absolute Gasteiger partial charge is 0.478 e. The third-order valence-electron chi connectivity index (χ3n) is 2.61. The fourth-order valence-corrected chi connectivity index (χ4v) is 1.67. The molecule has 6 heteroatoms. The van der Waals surface area contributed by atoms with Crippen molar-refractivity contribution in [2.24, 2.45) is 0 Å². The van der Waals surface area contributed by atoms with E-state index in [1.54, 1.807) is 0 Å². The Bertz CT molecular complexity index is 408. The Balaban J connectivity index is 2.58. The maximum Gasteiger partial charge on any atom is 0.337 e. The highest BCUT2D eigenvalue weighted by Crippen LogP contribution is 2.19. The number of hydrogen-bond acceptors (Lipinski definition) is 4. The second-order valence-corrected chi connectivity index (χ2v) is 4.09. The third kappa shape index (κ3) is 4.16. The van der Waals surface area contributed by atoms with Gasteiger partial charge in [-0.3, -0.25) is 0 Å². The molecule has 0 aromatic carbocycles. The number of carboxylic acid groups (broad SMARTS) is 1. The summed E-state index contributed by atoms with van der Waals surface area (Å²) in [7, 11) is 0. The zero-order valence-electron chi connectivity index (χ0n) is 10.5. The Morgan fingerprint density at radius 1 is 1.50 bits per heavy atom. The zero-order valence-corrected chi connectivity index (χ0v) is 11.3. The molecule has 0 aliphatic heterocycles. The van der Waals surface area contributed by atoms with Gasteiger partial charge < -0.3 is 14.7 Å². The molecule has 0 fully saturated rings. The summed E-state index contributed by atoms with van der Waals surface area (Å²) in [5.74, 6) is -0.806. The predicted molar refractivity (Wildman–Crippen MR) is 69.5 cm³/mol. The SMILES string of the molecule is CCN(CC)CCOc1cc(C(=O)O)c(Cl)cn1. The number of carbonyl (C=O) groups is 1. The van der Waals surface area contributed by atoms with Crippen LogP contribution >= 0.6 is 11.6 Å². The molecule has 5 nitrogen and oxygen atoms in total. The van der Waals surface area contributed by atoms with Crippen LogP contribution in [0.5, 0.6) is 5.88 Å². The molecule has 1 aromatic rings. The maximum atomic E-state index is 10.9. The number of halogens is 1. The zero-order chi connectivity index (χ0) is 13.5. The van der Waals surface area contributed by atoms with Crippen LogP contribution in [0.15, 0.2) is 12.3 Å². The molecule has 0 amide bonds. The first-order valence-corrected chi connectivity index (χ1v) is 6.20. The van der Waals surface area contributed by atoms with Crippen molar-refractivity contribution in [2.75, 3.05) is 26.2 Å². The Hall–Kier alpha value is -1.33. The number of ether oxygens (including phenoxy) is 1. The van der Waals surface area contributed by atoms with E-state index in [-0.39, 0.29) is 16.5 Å². The molecule has 0 aliphatic rings. The summed E-state index contributed by atoms with van der Waals surface area (Å²) in [6.45, 7) is 7.30. The first-order chi connectivity index (χ1) is 8.58. The molecule has 0 radical (unpaired) electrons. The highest BCUT2D eigenvalue weighted by Gasteiger charge is 2.11. The number of carboxylic acids is 1. The molecule has 0 unspecified atom stereocenters. The average Bonchev–Trinajstić information content (AvgIpc) is 2.36. The van der Waals surface area contributed by atoms with Crippen molar-refractivity contribution in [3.63, 3.8) is 0 Å². The van der Waals surface area contributed by atoms with Crippen molar-refractivity contribution < 1.29 is 14.6 Å². The minimum absolute atomic E-state index is 0.00417. The van der Waals surface area contributed by atoms with Gasteiger partial charge in [0, 0.05) is 12.6 Å². The number of pyridine rings is 1. The van der Waals surface area contributed by atoms with Crippen LogP contribution in [0.2, 0.25) is 5.02 Å². The van der Waals surface area contributed by atoms with E-state index in [2.05, 4.69) is 23.7 Å². The topological polar surface area (TPSA) is 62.7 Å². The molecule has 1 N–H and O–H groups in total. The van der Waals surface area contributed by atoms with Crippen LogP contribution in [-0.4, -0.2) is 47.2 Å². The van der Waals surface area contributed by atoms with Crippen LogP contribution in [0.4, 0.5) is 0 Å². The highest BCUT2D eigenvalue weighted by molar-refractivity contribution is 6.33. The number of aromatic nitrogens is 1. The van der Waals surface area contributed by atoms with Crippen molar-refractivity contribution in [3.05, 3.63) is 22.8 Å². The summed E-state index contributed by atoms with van der Waals surface area (Å²) in [4.78, 5) is 17.0. The van der Waals surface area contributed by atoms with E-state index >= 15 is 0 Å². The third-order valence-corrected chi connectivity index (χ3v) is 2.91. The number of aromatic carboxylic acids is 1. The van der Waals surface area contributed by atoms with Crippen molar-refractivity contribution in [1.29, 1.82) is 0 Å². The second kappa shape index (κ2) is 7.18. The monoisotopic (exact) mass is 272 g/mol. The van der Waals surface area contributed by atoms with Crippen molar-refractivity contribution >= 4 is 17.6 Å². The molecule has 0 spiro atoms. The summed E-state index contributed by atoms with van der Waals surface area (Å²) in [6.07, 6.45) is 1.29. The summed E-state index contributed by atoms with van der Waals surface area (Å²) >= 11 is 5.71. The number of nitrogens with zero attached hydrogens (tertiary/aromatic N) is 2. The van der Waals surface area contributed by atoms with Crippen LogP contribution in [0.1, 0.15) is 24.2 Å². The summed E-state index contributed by atoms with van der Waals surface area (Å²) in [6, 6.07) is 1.34. The van der Waals surface area contributed by atoms with Crippen molar-refractivity contribution in [1.82, 2.24) is 9.88 Å². The van der Waals surface area contributed by atoms with E-state index in [1.807, 2.05) is 0 Å². The average molecular weight is 273 g/mol. The van der Waals surface area contributed by atoms with E-state index < -0.39 is 5.97 Å². The molecule has 100 valence electrons. The number of hydrogen-bond donors (Lipinski definition) is 1. The minimum Gasteiger partial charge on any atom is -0.478 e. The molecule has 0 saturated carbocycles. The second-order valence-electron chi connectivity index (χ2n) is 3.68. The van der Waals surface area contributed by atoms with E-state index in [0.717, 1.165) is 19.6 Å². The molecule has 1 aromatic heterocycles. The Kier molecular flexibility index (Phi) is 5.88. The molecule has 0 bridgehead atoms. The first kappa shape index (κ1) is 14.7. The molecule has 0 atom stereocenters. The Morgan fingerprint density at radius 3 is 2.72 bits per heavy atom.